The van der Waals surface area contributed by atoms with E-state index in [-0.39, 0.29) is 0 Å². The minimum atomic E-state index is 0.931. The Morgan fingerprint density at radius 1 is 0.963 bits per heavy atom. The van der Waals surface area contributed by atoms with Gasteiger partial charge in [0, 0.05) is 12.6 Å². The minimum Gasteiger partial charge on any atom is -0.447 e. The molecule has 0 saturated carbocycles. The standard InChI is InChI=1S/C23H27N3O/c1-4-26(5-2)16-10-15-24-21-17-11-6-8-13-19(17)25(3)22-18-12-7-9-14-20(18)27-23(21)22/h6-9,11-14H,4-5,10,15-16H2,1-3H3/p+1. The zero-order valence-electron chi connectivity index (χ0n) is 16.5. The summed E-state index contributed by atoms with van der Waals surface area (Å²) in [6, 6.07) is 16.8. The number of fused-ring (bicyclic) bond motifs is 4. The second-order valence-electron chi connectivity index (χ2n) is 7.03. The predicted molar refractivity (Wildman–Crippen MR) is 113 cm³/mol. The quantitative estimate of drug-likeness (QED) is 0.382. The van der Waals surface area contributed by atoms with Gasteiger partial charge in [-0.2, -0.15) is 4.57 Å². The number of para-hydroxylation sites is 2. The van der Waals surface area contributed by atoms with Crippen molar-refractivity contribution in [1.29, 1.82) is 0 Å². The molecule has 0 fully saturated rings. The Kier molecular flexibility index (Phi) is 4.99. The Bertz CT molecular complexity index is 1080. The van der Waals surface area contributed by atoms with Crippen LogP contribution in [0.15, 0.2) is 52.9 Å². The predicted octanol–water partition coefficient (Wildman–Crippen LogP) is 4.71. The van der Waals surface area contributed by atoms with E-state index in [1.165, 1.54) is 10.9 Å². The summed E-state index contributed by atoms with van der Waals surface area (Å²) in [5.41, 5.74) is 5.35. The number of hydrogen-bond donors (Lipinski definition) is 1. The van der Waals surface area contributed by atoms with Crippen LogP contribution in [0.3, 0.4) is 0 Å². The Balaban J connectivity index is 1.78. The molecule has 0 radical (unpaired) electrons. The summed E-state index contributed by atoms with van der Waals surface area (Å²) >= 11 is 0. The molecule has 1 N–H and O–H groups in total. The average molecular weight is 362 g/mol. The van der Waals surface area contributed by atoms with Gasteiger partial charge in [-0.25, -0.2) is 0 Å². The number of anilines is 1. The summed E-state index contributed by atoms with van der Waals surface area (Å²) in [6.45, 7) is 8.70. The van der Waals surface area contributed by atoms with E-state index < -0.39 is 0 Å². The van der Waals surface area contributed by atoms with Crippen LogP contribution < -0.4 is 9.88 Å². The smallest absolute Gasteiger partial charge is 0.261 e. The molecular weight excluding hydrogens is 334 g/mol. The zero-order valence-corrected chi connectivity index (χ0v) is 16.5. The van der Waals surface area contributed by atoms with Gasteiger partial charge in [0.05, 0.1) is 16.5 Å². The van der Waals surface area contributed by atoms with E-state index in [0.29, 0.717) is 0 Å². The number of nitrogens with one attached hydrogen (secondary N) is 1. The first-order valence-corrected chi connectivity index (χ1v) is 9.92. The summed E-state index contributed by atoms with van der Waals surface area (Å²) in [5.74, 6) is 0. The van der Waals surface area contributed by atoms with Crippen LogP contribution in [0, 0.1) is 0 Å². The molecule has 0 aliphatic heterocycles. The fraction of sp³-hybridized carbons (Fsp3) is 0.348. The summed E-state index contributed by atoms with van der Waals surface area (Å²) in [6.07, 6.45) is 1.11. The van der Waals surface area contributed by atoms with Crippen LogP contribution in [0.1, 0.15) is 20.3 Å². The van der Waals surface area contributed by atoms with Crippen LogP contribution in [-0.4, -0.2) is 31.1 Å². The van der Waals surface area contributed by atoms with Gasteiger partial charge >= 0.3 is 0 Å². The Labute approximate surface area is 160 Å². The van der Waals surface area contributed by atoms with Crippen molar-refractivity contribution in [2.75, 3.05) is 31.5 Å². The first kappa shape index (κ1) is 17.8. The number of benzene rings is 2. The van der Waals surface area contributed by atoms with E-state index in [4.69, 9.17) is 4.42 Å². The first-order chi connectivity index (χ1) is 13.2. The molecule has 0 aliphatic carbocycles. The molecule has 2 aromatic heterocycles. The third kappa shape index (κ3) is 3.15. The van der Waals surface area contributed by atoms with Gasteiger partial charge < -0.3 is 14.6 Å². The van der Waals surface area contributed by atoms with Crippen LogP contribution in [0.25, 0.3) is 33.0 Å². The monoisotopic (exact) mass is 362 g/mol. The highest BCUT2D eigenvalue weighted by Gasteiger charge is 2.23. The molecule has 4 rings (SSSR count). The van der Waals surface area contributed by atoms with Crippen LogP contribution in [0.4, 0.5) is 5.69 Å². The SMILES string of the molecule is CCN(CC)CCCNc1c2ccccc2[n+](C)c2c1oc1ccccc12. The van der Waals surface area contributed by atoms with Gasteiger partial charge in [0.15, 0.2) is 0 Å². The van der Waals surface area contributed by atoms with Gasteiger partial charge in [-0.3, -0.25) is 0 Å². The maximum Gasteiger partial charge on any atom is 0.261 e. The fourth-order valence-corrected chi connectivity index (χ4v) is 3.99. The van der Waals surface area contributed by atoms with Gasteiger partial charge in [0.2, 0.25) is 11.1 Å². The maximum atomic E-state index is 6.30. The normalized spacial score (nSPS) is 11.9. The van der Waals surface area contributed by atoms with Gasteiger partial charge in [-0.05, 0) is 44.3 Å². The van der Waals surface area contributed by atoms with E-state index >= 15 is 0 Å². The lowest BCUT2D eigenvalue weighted by molar-refractivity contribution is -0.616. The van der Waals surface area contributed by atoms with Gasteiger partial charge in [0.1, 0.15) is 12.6 Å². The average Bonchev–Trinajstić information content (AvgIpc) is 3.10. The third-order valence-electron chi connectivity index (χ3n) is 5.51. The lowest BCUT2D eigenvalue weighted by Crippen LogP contribution is -2.30. The molecule has 140 valence electrons. The van der Waals surface area contributed by atoms with Crippen LogP contribution in [-0.2, 0) is 7.05 Å². The summed E-state index contributed by atoms with van der Waals surface area (Å²) < 4.78 is 8.55. The van der Waals surface area contributed by atoms with E-state index in [2.05, 4.69) is 72.1 Å². The highest BCUT2D eigenvalue weighted by Crippen LogP contribution is 2.35. The third-order valence-corrected chi connectivity index (χ3v) is 5.51. The number of aryl methyl sites for hydroxylation is 1. The van der Waals surface area contributed by atoms with Crippen LogP contribution in [0.2, 0.25) is 0 Å². The van der Waals surface area contributed by atoms with E-state index in [1.807, 2.05) is 12.1 Å². The van der Waals surface area contributed by atoms with Crippen molar-refractivity contribution in [3.8, 4) is 0 Å². The van der Waals surface area contributed by atoms with E-state index in [9.17, 15) is 0 Å². The second kappa shape index (κ2) is 7.57. The second-order valence-corrected chi connectivity index (χ2v) is 7.03. The fourth-order valence-electron chi connectivity index (χ4n) is 3.99. The number of nitrogens with zero attached hydrogens (tertiary/aromatic N) is 2. The van der Waals surface area contributed by atoms with Crippen LogP contribution in [0.5, 0.6) is 0 Å². The summed E-state index contributed by atoms with van der Waals surface area (Å²) in [7, 11) is 2.12. The van der Waals surface area contributed by atoms with Crippen molar-refractivity contribution in [1.82, 2.24) is 4.90 Å². The van der Waals surface area contributed by atoms with Gasteiger partial charge in [0.25, 0.3) is 5.52 Å². The van der Waals surface area contributed by atoms with E-state index in [1.54, 1.807) is 0 Å². The van der Waals surface area contributed by atoms with Crippen LogP contribution >= 0.6 is 0 Å². The zero-order chi connectivity index (χ0) is 18.8. The molecule has 2 heterocycles. The van der Waals surface area contributed by atoms with Crippen molar-refractivity contribution >= 4 is 38.7 Å². The molecule has 27 heavy (non-hydrogen) atoms. The molecule has 0 atom stereocenters. The molecule has 0 saturated heterocycles. The molecule has 4 heteroatoms. The largest absolute Gasteiger partial charge is 0.447 e. The molecule has 4 nitrogen and oxygen atoms in total. The highest BCUT2D eigenvalue weighted by atomic mass is 16.3. The molecule has 0 aliphatic rings. The number of rotatable bonds is 7. The van der Waals surface area contributed by atoms with Crippen molar-refractivity contribution in [3.63, 3.8) is 0 Å². The Morgan fingerprint density at radius 3 is 2.44 bits per heavy atom. The molecule has 0 spiro atoms. The minimum absolute atomic E-state index is 0.931. The number of hydrogen-bond acceptors (Lipinski definition) is 3. The first-order valence-electron chi connectivity index (χ1n) is 9.92. The van der Waals surface area contributed by atoms with Crippen molar-refractivity contribution in [3.05, 3.63) is 48.5 Å². The molecular formula is C23H28N3O+. The number of aromatic nitrogens is 1. The van der Waals surface area contributed by atoms with Crippen molar-refractivity contribution in [2.45, 2.75) is 20.3 Å². The Morgan fingerprint density at radius 2 is 1.67 bits per heavy atom. The topological polar surface area (TPSA) is 32.3 Å². The molecule has 0 unspecified atom stereocenters. The maximum absolute atomic E-state index is 6.30. The number of furan rings is 1. The summed E-state index contributed by atoms with van der Waals surface area (Å²) in [5, 5.41) is 6.05. The van der Waals surface area contributed by atoms with Crippen molar-refractivity contribution < 1.29 is 8.98 Å². The van der Waals surface area contributed by atoms with Gasteiger partial charge in [-0.1, -0.05) is 38.1 Å². The highest BCUT2D eigenvalue weighted by molar-refractivity contribution is 6.11. The number of pyridine rings is 1. The molecule has 2 aromatic carbocycles. The molecule has 0 amide bonds. The Hall–Kier alpha value is -2.59. The molecule has 4 aromatic rings. The lowest BCUT2D eigenvalue weighted by Gasteiger charge is -2.18. The van der Waals surface area contributed by atoms with Gasteiger partial charge in [-0.15, -0.1) is 0 Å². The van der Waals surface area contributed by atoms with E-state index in [0.717, 1.165) is 60.4 Å². The lowest BCUT2D eigenvalue weighted by atomic mass is 10.1. The summed E-state index contributed by atoms with van der Waals surface area (Å²) in [4.78, 5) is 2.46. The van der Waals surface area contributed by atoms with Crippen molar-refractivity contribution in [2.24, 2.45) is 7.05 Å². The molecule has 0 bridgehead atoms.